The number of thiophene rings is 1. The summed E-state index contributed by atoms with van der Waals surface area (Å²) in [6.07, 6.45) is -3.98. The fourth-order valence-corrected chi connectivity index (χ4v) is 4.07. The highest BCUT2D eigenvalue weighted by Crippen LogP contribution is 2.30. The lowest BCUT2D eigenvalue weighted by molar-refractivity contribution is -0.140. The second kappa shape index (κ2) is 10.0. The molecule has 0 aliphatic heterocycles. The average Bonchev–Trinajstić information content (AvgIpc) is 3.26. The second-order valence-electron chi connectivity index (χ2n) is 6.02. The van der Waals surface area contributed by atoms with E-state index in [0.29, 0.717) is 37.0 Å². The predicted molar refractivity (Wildman–Crippen MR) is 106 cm³/mol. The molecule has 1 unspecified atom stereocenters. The second-order valence-corrected chi connectivity index (χ2v) is 7.94. The molecule has 0 aliphatic carbocycles. The van der Waals surface area contributed by atoms with Crippen molar-refractivity contribution in [3.05, 3.63) is 38.5 Å². The normalized spacial score (nSPS) is 13.8. The van der Waals surface area contributed by atoms with Crippen LogP contribution in [0.1, 0.15) is 28.5 Å². The lowest BCUT2D eigenvalue weighted by atomic mass is 10.2. The van der Waals surface area contributed by atoms with Crippen LogP contribution in [0.4, 0.5) is 13.2 Å². The van der Waals surface area contributed by atoms with E-state index in [9.17, 15) is 13.2 Å². The molecular weight excluding hydrogens is 395 g/mol. The fourth-order valence-electron chi connectivity index (χ4n) is 2.35. The van der Waals surface area contributed by atoms with Crippen LogP contribution in [-0.2, 0) is 12.6 Å². The molecule has 0 aromatic carbocycles. The summed E-state index contributed by atoms with van der Waals surface area (Å²) in [5.74, 6) is 0.647. The summed E-state index contributed by atoms with van der Waals surface area (Å²) < 4.78 is 37.8. The molecule has 2 aromatic heterocycles. The van der Waals surface area contributed by atoms with Gasteiger partial charge in [0.2, 0.25) is 0 Å². The average molecular weight is 420 g/mol. The Bertz CT molecular complexity index is 710. The summed E-state index contributed by atoms with van der Waals surface area (Å²) in [7, 11) is 4.03. The maximum Gasteiger partial charge on any atom is 0.434 e. The van der Waals surface area contributed by atoms with Gasteiger partial charge in [0.25, 0.3) is 0 Å². The van der Waals surface area contributed by atoms with Gasteiger partial charge in [0.05, 0.1) is 17.6 Å². The molecule has 0 saturated carbocycles. The van der Waals surface area contributed by atoms with Gasteiger partial charge in [-0.15, -0.1) is 22.7 Å². The molecule has 27 heavy (non-hydrogen) atoms. The Labute approximate surface area is 165 Å². The van der Waals surface area contributed by atoms with Crippen molar-refractivity contribution in [1.29, 1.82) is 0 Å². The van der Waals surface area contributed by atoms with Crippen molar-refractivity contribution in [2.24, 2.45) is 4.99 Å². The number of guanidine groups is 1. The van der Waals surface area contributed by atoms with E-state index in [0.717, 1.165) is 16.7 Å². The first kappa shape index (κ1) is 21.6. The SMILES string of the molecule is CCNC(=NCC(c1cccs1)N(C)C)NCCc1nc(C(F)(F)F)cs1. The minimum atomic E-state index is -4.39. The Hall–Kier alpha value is -1.65. The third-order valence-corrected chi connectivity index (χ3v) is 5.62. The molecule has 0 radical (unpaired) electrons. The molecule has 150 valence electrons. The van der Waals surface area contributed by atoms with Crippen molar-refractivity contribution in [2.75, 3.05) is 33.7 Å². The summed E-state index contributed by atoms with van der Waals surface area (Å²) in [4.78, 5) is 11.6. The van der Waals surface area contributed by atoms with Crippen molar-refractivity contribution >= 4 is 28.6 Å². The molecule has 10 heteroatoms. The minimum absolute atomic E-state index is 0.175. The van der Waals surface area contributed by atoms with Gasteiger partial charge in [-0.25, -0.2) is 4.98 Å². The van der Waals surface area contributed by atoms with E-state index in [4.69, 9.17) is 0 Å². The van der Waals surface area contributed by atoms with Crippen molar-refractivity contribution in [3.63, 3.8) is 0 Å². The van der Waals surface area contributed by atoms with E-state index in [1.807, 2.05) is 32.5 Å². The van der Waals surface area contributed by atoms with Crippen molar-refractivity contribution in [2.45, 2.75) is 25.6 Å². The topological polar surface area (TPSA) is 52.6 Å². The lowest BCUT2D eigenvalue weighted by Gasteiger charge is -2.22. The molecule has 2 rings (SSSR count). The van der Waals surface area contributed by atoms with E-state index in [2.05, 4.69) is 31.6 Å². The largest absolute Gasteiger partial charge is 0.434 e. The van der Waals surface area contributed by atoms with Gasteiger partial charge in [-0.05, 0) is 32.5 Å². The molecule has 2 aromatic rings. The van der Waals surface area contributed by atoms with E-state index >= 15 is 0 Å². The van der Waals surface area contributed by atoms with Gasteiger partial charge in [0.1, 0.15) is 0 Å². The van der Waals surface area contributed by atoms with Crippen LogP contribution < -0.4 is 10.6 Å². The number of hydrogen-bond acceptors (Lipinski definition) is 5. The minimum Gasteiger partial charge on any atom is -0.357 e. The lowest BCUT2D eigenvalue weighted by Crippen LogP contribution is -2.39. The molecule has 0 fully saturated rings. The van der Waals surface area contributed by atoms with Crippen LogP contribution in [0, 0.1) is 0 Å². The van der Waals surface area contributed by atoms with Crippen LogP contribution in [0.25, 0.3) is 0 Å². The van der Waals surface area contributed by atoms with Gasteiger partial charge in [0, 0.05) is 29.8 Å². The van der Waals surface area contributed by atoms with Crippen LogP contribution in [0.3, 0.4) is 0 Å². The Kier molecular flexibility index (Phi) is 8.06. The van der Waals surface area contributed by atoms with E-state index in [1.165, 1.54) is 4.88 Å². The highest BCUT2D eigenvalue weighted by molar-refractivity contribution is 7.10. The number of aromatic nitrogens is 1. The zero-order valence-corrected chi connectivity index (χ0v) is 17.1. The predicted octanol–water partition coefficient (Wildman–Crippen LogP) is 3.62. The molecule has 0 saturated heterocycles. The number of aliphatic imine (C=N–C) groups is 1. The van der Waals surface area contributed by atoms with E-state index in [1.54, 1.807) is 11.3 Å². The van der Waals surface area contributed by atoms with Gasteiger partial charge < -0.3 is 15.5 Å². The summed E-state index contributed by atoms with van der Waals surface area (Å²) in [5.41, 5.74) is -0.826. The molecule has 0 amide bonds. The van der Waals surface area contributed by atoms with Crippen LogP contribution in [0.15, 0.2) is 27.9 Å². The number of likely N-dealkylation sites (N-methyl/N-ethyl adjacent to an activating group) is 1. The zero-order chi connectivity index (χ0) is 19.9. The Balaban J connectivity index is 1.92. The van der Waals surface area contributed by atoms with Crippen molar-refractivity contribution < 1.29 is 13.2 Å². The maximum atomic E-state index is 12.6. The number of rotatable bonds is 8. The molecule has 1 atom stereocenters. The third kappa shape index (κ3) is 6.78. The molecule has 5 nitrogen and oxygen atoms in total. The number of nitrogens with one attached hydrogen (secondary N) is 2. The first-order chi connectivity index (χ1) is 12.8. The number of alkyl halides is 3. The molecule has 2 heterocycles. The van der Waals surface area contributed by atoms with Gasteiger partial charge in [-0.3, -0.25) is 4.99 Å². The molecule has 2 N–H and O–H groups in total. The molecule has 0 aliphatic rings. The Morgan fingerprint density at radius 3 is 2.63 bits per heavy atom. The highest BCUT2D eigenvalue weighted by Gasteiger charge is 2.33. The smallest absolute Gasteiger partial charge is 0.357 e. The van der Waals surface area contributed by atoms with Gasteiger partial charge in [-0.2, -0.15) is 13.2 Å². The van der Waals surface area contributed by atoms with Crippen molar-refractivity contribution in [1.82, 2.24) is 20.5 Å². The van der Waals surface area contributed by atoms with Crippen molar-refractivity contribution in [3.8, 4) is 0 Å². The van der Waals surface area contributed by atoms with Crippen LogP contribution in [-0.4, -0.2) is 49.6 Å². The highest BCUT2D eigenvalue weighted by atomic mass is 32.1. The van der Waals surface area contributed by atoms with Gasteiger partial charge in [0.15, 0.2) is 11.7 Å². The van der Waals surface area contributed by atoms with Crippen LogP contribution in [0.2, 0.25) is 0 Å². The first-order valence-electron chi connectivity index (χ1n) is 8.54. The standard InChI is InChI=1S/C17H24F3N5S2/c1-4-21-16(23-10-12(25(2)3)13-6-5-9-26-13)22-8-7-15-24-14(11-27-15)17(18,19)20/h5-6,9,11-12H,4,7-8,10H2,1-3H3,(H2,21,22,23). The quantitative estimate of drug-likeness (QED) is 0.507. The number of nitrogens with zero attached hydrogens (tertiary/aromatic N) is 3. The maximum absolute atomic E-state index is 12.6. The summed E-state index contributed by atoms with van der Waals surface area (Å²) in [6, 6.07) is 4.28. The molecule has 0 spiro atoms. The molecular formula is C17H24F3N5S2. The summed E-state index contributed by atoms with van der Waals surface area (Å²) >= 11 is 2.72. The number of halogens is 3. The summed E-state index contributed by atoms with van der Waals surface area (Å²) in [5, 5.41) is 9.88. The first-order valence-corrected chi connectivity index (χ1v) is 10.3. The van der Waals surface area contributed by atoms with E-state index in [-0.39, 0.29) is 6.04 Å². The van der Waals surface area contributed by atoms with E-state index < -0.39 is 11.9 Å². The Morgan fingerprint density at radius 2 is 2.07 bits per heavy atom. The van der Waals surface area contributed by atoms with Gasteiger partial charge in [-0.1, -0.05) is 6.07 Å². The van der Waals surface area contributed by atoms with Crippen LogP contribution >= 0.6 is 22.7 Å². The van der Waals surface area contributed by atoms with Crippen LogP contribution in [0.5, 0.6) is 0 Å². The Morgan fingerprint density at radius 1 is 1.30 bits per heavy atom. The number of hydrogen-bond donors (Lipinski definition) is 2. The third-order valence-electron chi connectivity index (χ3n) is 3.74. The monoisotopic (exact) mass is 419 g/mol. The zero-order valence-electron chi connectivity index (χ0n) is 15.5. The number of thiazole rings is 1. The fraction of sp³-hybridized carbons (Fsp3) is 0.529. The van der Waals surface area contributed by atoms with Gasteiger partial charge >= 0.3 is 6.18 Å². The molecule has 0 bridgehead atoms. The summed E-state index contributed by atoms with van der Waals surface area (Å²) in [6.45, 7) is 3.71.